The van der Waals surface area contributed by atoms with Crippen LogP contribution >= 0.6 is 15.9 Å². The molecule has 0 aliphatic carbocycles. The zero-order chi connectivity index (χ0) is 22.8. The number of halogens is 1. The molecule has 0 unspecified atom stereocenters. The first-order valence-electron chi connectivity index (χ1n) is 10.2. The Morgan fingerprint density at radius 3 is 2.79 bits per heavy atom. The minimum absolute atomic E-state index is 0.294. The van der Waals surface area contributed by atoms with E-state index < -0.39 is 0 Å². The van der Waals surface area contributed by atoms with Gasteiger partial charge in [-0.3, -0.25) is 4.79 Å². The second-order valence-electron chi connectivity index (χ2n) is 7.24. The molecule has 0 aliphatic rings. The lowest BCUT2D eigenvalue weighted by Crippen LogP contribution is -2.20. The monoisotopic (exact) mass is 499 g/mol. The first kappa shape index (κ1) is 20.9. The number of hydrogen-bond acceptors (Lipinski definition) is 5. The van der Waals surface area contributed by atoms with E-state index in [-0.39, 0.29) is 5.56 Å². The van der Waals surface area contributed by atoms with E-state index in [1.807, 2.05) is 54.6 Å². The van der Waals surface area contributed by atoms with E-state index in [1.165, 1.54) is 4.68 Å². The molecule has 3 aromatic carbocycles. The summed E-state index contributed by atoms with van der Waals surface area (Å²) in [5.74, 6) is 1.39. The molecule has 33 heavy (non-hydrogen) atoms. The van der Waals surface area contributed by atoms with Crippen LogP contribution in [0.15, 0.2) is 104 Å². The summed E-state index contributed by atoms with van der Waals surface area (Å²) < 4.78 is 13.9. The van der Waals surface area contributed by atoms with Gasteiger partial charge in [0.25, 0.3) is 5.56 Å². The van der Waals surface area contributed by atoms with Crippen LogP contribution in [-0.4, -0.2) is 22.5 Å². The average Bonchev–Trinajstić information content (AvgIpc) is 3.25. The highest BCUT2D eigenvalue weighted by Crippen LogP contribution is 2.29. The van der Waals surface area contributed by atoms with Gasteiger partial charge in [-0.05, 0) is 48.5 Å². The van der Waals surface area contributed by atoms with E-state index in [0.717, 1.165) is 15.4 Å². The second-order valence-corrected chi connectivity index (χ2v) is 8.16. The molecule has 0 saturated heterocycles. The SMILES string of the molecule is C=CCOc1ccccc1C=Nn1c(-c2cc3cc(Br)ccc3o2)nc2ccccc2c1=O. The van der Waals surface area contributed by atoms with E-state index in [0.29, 0.717) is 40.4 Å². The molecule has 0 fully saturated rings. The van der Waals surface area contributed by atoms with Crippen LogP contribution in [0, 0.1) is 0 Å². The third-order valence-electron chi connectivity index (χ3n) is 5.04. The van der Waals surface area contributed by atoms with Crippen molar-refractivity contribution in [2.75, 3.05) is 6.61 Å². The molecule has 0 spiro atoms. The third-order valence-corrected chi connectivity index (χ3v) is 5.53. The summed E-state index contributed by atoms with van der Waals surface area (Å²) in [5.41, 5.74) is 1.69. The summed E-state index contributed by atoms with van der Waals surface area (Å²) in [6.45, 7) is 4.05. The van der Waals surface area contributed by atoms with E-state index >= 15 is 0 Å². The van der Waals surface area contributed by atoms with Crippen molar-refractivity contribution >= 4 is 44.0 Å². The largest absolute Gasteiger partial charge is 0.489 e. The van der Waals surface area contributed by atoms with Gasteiger partial charge in [-0.2, -0.15) is 9.78 Å². The summed E-state index contributed by atoms with van der Waals surface area (Å²) >= 11 is 3.48. The molecule has 0 bridgehead atoms. The van der Waals surface area contributed by atoms with Crippen molar-refractivity contribution in [1.82, 2.24) is 9.66 Å². The summed E-state index contributed by atoms with van der Waals surface area (Å²) in [5, 5.41) is 5.86. The molecule has 0 atom stereocenters. The smallest absolute Gasteiger partial charge is 0.282 e. The predicted molar refractivity (Wildman–Crippen MR) is 134 cm³/mol. The lowest BCUT2D eigenvalue weighted by atomic mass is 10.2. The van der Waals surface area contributed by atoms with E-state index in [2.05, 4.69) is 27.6 Å². The molecule has 0 N–H and O–H groups in total. The minimum atomic E-state index is -0.294. The molecule has 0 saturated carbocycles. The lowest BCUT2D eigenvalue weighted by molar-refractivity contribution is 0.362. The van der Waals surface area contributed by atoms with Crippen molar-refractivity contribution in [1.29, 1.82) is 0 Å². The van der Waals surface area contributed by atoms with Crippen LogP contribution in [0.2, 0.25) is 0 Å². The number of benzene rings is 3. The molecule has 0 radical (unpaired) electrons. The number of ether oxygens (including phenoxy) is 1. The number of nitrogens with zero attached hydrogens (tertiary/aromatic N) is 3. The van der Waals surface area contributed by atoms with Gasteiger partial charge in [-0.25, -0.2) is 4.98 Å². The number of hydrogen-bond donors (Lipinski definition) is 0. The maximum absolute atomic E-state index is 13.4. The summed E-state index contributed by atoms with van der Waals surface area (Å²) in [6.07, 6.45) is 3.25. The molecular formula is C26H18BrN3O3. The molecule has 2 heterocycles. The van der Waals surface area contributed by atoms with Gasteiger partial charge in [0.1, 0.15) is 17.9 Å². The third kappa shape index (κ3) is 4.10. The Morgan fingerprint density at radius 1 is 1.09 bits per heavy atom. The standard InChI is InChI=1S/C26H18BrN3O3/c1-2-13-32-22-10-6-3-7-17(22)16-28-30-25(29-21-9-5-4-8-20(21)26(30)31)24-15-18-14-19(27)11-12-23(18)33-24/h2-12,14-16H,1,13H2. The number of rotatable bonds is 6. The number of fused-ring (bicyclic) bond motifs is 2. The zero-order valence-corrected chi connectivity index (χ0v) is 19.0. The van der Waals surface area contributed by atoms with Crippen molar-refractivity contribution in [2.24, 2.45) is 5.10 Å². The van der Waals surface area contributed by atoms with Crippen molar-refractivity contribution in [3.05, 3.63) is 106 Å². The van der Waals surface area contributed by atoms with Crippen LogP contribution in [0.5, 0.6) is 5.75 Å². The van der Waals surface area contributed by atoms with Crippen LogP contribution < -0.4 is 10.3 Å². The fourth-order valence-electron chi connectivity index (χ4n) is 3.50. The molecule has 0 amide bonds. The number of aromatic nitrogens is 2. The van der Waals surface area contributed by atoms with Crippen molar-refractivity contribution in [3.63, 3.8) is 0 Å². The van der Waals surface area contributed by atoms with Gasteiger partial charge in [0, 0.05) is 15.4 Å². The normalized spacial score (nSPS) is 11.4. The van der Waals surface area contributed by atoms with Crippen LogP contribution in [0.1, 0.15) is 5.56 Å². The van der Waals surface area contributed by atoms with Gasteiger partial charge in [0.05, 0.1) is 17.1 Å². The van der Waals surface area contributed by atoms with Gasteiger partial charge in [-0.15, -0.1) is 0 Å². The van der Waals surface area contributed by atoms with Crippen molar-refractivity contribution in [3.8, 4) is 17.3 Å². The average molecular weight is 500 g/mol. The summed E-state index contributed by atoms with van der Waals surface area (Å²) in [4.78, 5) is 18.1. The zero-order valence-electron chi connectivity index (χ0n) is 17.4. The van der Waals surface area contributed by atoms with E-state index in [4.69, 9.17) is 14.1 Å². The van der Waals surface area contributed by atoms with Crippen LogP contribution in [0.4, 0.5) is 0 Å². The highest BCUT2D eigenvalue weighted by Gasteiger charge is 2.16. The number of para-hydroxylation sites is 2. The van der Waals surface area contributed by atoms with Crippen LogP contribution in [-0.2, 0) is 0 Å². The van der Waals surface area contributed by atoms with Gasteiger partial charge >= 0.3 is 0 Å². The molecule has 5 rings (SSSR count). The first-order chi connectivity index (χ1) is 16.1. The summed E-state index contributed by atoms with van der Waals surface area (Å²) in [6, 6.07) is 22.2. The Kier molecular flexibility index (Phi) is 5.62. The highest BCUT2D eigenvalue weighted by molar-refractivity contribution is 9.10. The molecule has 162 valence electrons. The topological polar surface area (TPSA) is 69.6 Å². The summed E-state index contributed by atoms with van der Waals surface area (Å²) in [7, 11) is 0. The van der Waals surface area contributed by atoms with Crippen molar-refractivity contribution < 1.29 is 9.15 Å². The lowest BCUT2D eigenvalue weighted by Gasteiger charge is -2.09. The second kappa shape index (κ2) is 8.88. The molecule has 7 heteroatoms. The Labute approximate surface area is 197 Å². The van der Waals surface area contributed by atoms with E-state index in [9.17, 15) is 4.79 Å². The highest BCUT2D eigenvalue weighted by atomic mass is 79.9. The Hall–Kier alpha value is -3.97. The quantitative estimate of drug-likeness (QED) is 0.211. The maximum Gasteiger partial charge on any atom is 0.282 e. The Balaban J connectivity index is 1.69. The molecular weight excluding hydrogens is 482 g/mol. The van der Waals surface area contributed by atoms with E-state index in [1.54, 1.807) is 30.5 Å². The fraction of sp³-hybridized carbons (Fsp3) is 0.0385. The maximum atomic E-state index is 13.4. The molecule has 6 nitrogen and oxygen atoms in total. The Bertz CT molecular complexity index is 1580. The minimum Gasteiger partial charge on any atom is -0.489 e. The van der Waals surface area contributed by atoms with Crippen LogP contribution in [0.3, 0.4) is 0 Å². The molecule has 0 aliphatic heterocycles. The van der Waals surface area contributed by atoms with Gasteiger partial charge in [0.2, 0.25) is 5.82 Å². The van der Waals surface area contributed by atoms with Gasteiger partial charge in [-0.1, -0.05) is 52.9 Å². The van der Waals surface area contributed by atoms with Gasteiger partial charge < -0.3 is 9.15 Å². The van der Waals surface area contributed by atoms with Gasteiger partial charge in [0.15, 0.2) is 5.76 Å². The molecule has 2 aromatic heterocycles. The molecule has 5 aromatic rings. The first-order valence-corrected chi connectivity index (χ1v) is 11.0. The predicted octanol–water partition coefficient (Wildman–Crippen LogP) is 6.02. The number of furan rings is 1. The van der Waals surface area contributed by atoms with Crippen LogP contribution in [0.25, 0.3) is 33.5 Å². The van der Waals surface area contributed by atoms with Crippen molar-refractivity contribution in [2.45, 2.75) is 0 Å². The fourth-order valence-corrected chi connectivity index (χ4v) is 3.88. The Morgan fingerprint density at radius 2 is 1.91 bits per heavy atom.